The molecule has 2 N–H and O–H groups in total. The fourth-order valence-electron chi connectivity index (χ4n) is 2.00. The Labute approximate surface area is 137 Å². The number of hydrogen-bond acceptors (Lipinski definition) is 2. The highest BCUT2D eigenvalue weighted by atomic mass is 127. The molecule has 0 atom stereocenters. The van der Waals surface area contributed by atoms with E-state index in [4.69, 9.17) is 28.9 Å². The van der Waals surface area contributed by atoms with E-state index in [9.17, 15) is 4.39 Å². The fourth-order valence-corrected chi connectivity index (χ4v) is 2.82. The van der Waals surface area contributed by atoms with Crippen molar-refractivity contribution in [1.82, 2.24) is 9.55 Å². The molecule has 0 aliphatic rings. The van der Waals surface area contributed by atoms with Crippen LogP contribution in [0.3, 0.4) is 0 Å². The van der Waals surface area contributed by atoms with Crippen LogP contribution >= 0.6 is 45.8 Å². The van der Waals surface area contributed by atoms with E-state index in [0.29, 0.717) is 30.3 Å². The summed E-state index contributed by atoms with van der Waals surface area (Å²) in [5, 5.41) is 0.969. The lowest BCUT2D eigenvalue weighted by atomic mass is 10.2. The van der Waals surface area contributed by atoms with Crippen molar-refractivity contribution in [2.24, 2.45) is 0 Å². The Hall–Kier alpha value is -1.05. The van der Waals surface area contributed by atoms with Crippen molar-refractivity contribution in [2.45, 2.75) is 0 Å². The quantitative estimate of drug-likeness (QED) is 0.581. The molecule has 0 unspecified atom stereocenters. The van der Waals surface area contributed by atoms with E-state index in [2.05, 4.69) is 4.98 Å². The third kappa shape index (κ3) is 2.23. The molecule has 0 aliphatic carbocycles. The maximum Gasteiger partial charge on any atom is 0.205 e. The van der Waals surface area contributed by atoms with Crippen molar-refractivity contribution in [3.05, 3.63) is 49.8 Å². The SMILES string of the molecule is Nc1nc2cc(I)c(F)cc2n1-c1cc(Cl)ccc1Cl. The molecule has 0 radical (unpaired) electrons. The van der Waals surface area contributed by atoms with Gasteiger partial charge in [-0.15, -0.1) is 0 Å². The molecule has 20 heavy (non-hydrogen) atoms. The van der Waals surface area contributed by atoms with Gasteiger partial charge in [0.05, 0.1) is 25.3 Å². The molecule has 3 nitrogen and oxygen atoms in total. The molecule has 7 heteroatoms. The monoisotopic (exact) mass is 421 g/mol. The van der Waals surface area contributed by atoms with E-state index in [1.165, 1.54) is 6.07 Å². The molecule has 0 saturated heterocycles. The normalized spacial score (nSPS) is 11.2. The lowest BCUT2D eigenvalue weighted by Crippen LogP contribution is -2.01. The summed E-state index contributed by atoms with van der Waals surface area (Å²) in [6, 6.07) is 8.02. The molecule has 0 saturated carbocycles. The number of halogens is 4. The minimum Gasteiger partial charge on any atom is -0.369 e. The van der Waals surface area contributed by atoms with E-state index in [1.807, 2.05) is 22.6 Å². The Kier molecular flexibility index (Phi) is 3.51. The van der Waals surface area contributed by atoms with Crippen LogP contribution in [-0.4, -0.2) is 9.55 Å². The van der Waals surface area contributed by atoms with Crippen LogP contribution in [0.2, 0.25) is 10.0 Å². The molecule has 0 amide bonds. The van der Waals surface area contributed by atoms with Gasteiger partial charge >= 0.3 is 0 Å². The van der Waals surface area contributed by atoms with Crippen LogP contribution in [0.15, 0.2) is 30.3 Å². The highest BCUT2D eigenvalue weighted by Crippen LogP contribution is 2.31. The molecule has 1 heterocycles. The zero-order chi connectivity index (χ0) is 14.4. The molecule has 0 spiro atoms. The highest BCUT2D eigenvalue weighted by molar-refractivity contribution is 14.1. The molecule has 3 aromatic rings. The predicted octanol–water partition coefficient (Wildman–Crippen LogP) is 4.66. The number of fused-ring (bicyclic) bond motifs is 1. The number of nitrogens with zero attached hydrogens (tertiary/aromatic N) is 2. The van der Waals surface area contributed by atoms with Gasteiger partial charge in [0.25, 0.3) is 0 Å². The fraction of sp³-hybridized carbons (Fsp3) is 0. The lowest BCUT2D eigenvalue weighted by molar-refractivity contribution is 0.622. The molecule has 0 fully saturated rings. The van der Waals surface area contributed by atoms with Crippen LogP contribution < -0.4 is 5.73 Å². The summed E-state index contributed by atoms with van der Waals surface area (Å²) in [7, 11) is 0. The summed E-state index contributed by atoms with van der Waals surface area (Å²) in [5.74, 6) is -0.108. The van der Waals surface area contributed by atoms with Gasteiger partial charge in [-0.2, -0.15) is 0 Å². The minimum absolute atomic E-state index is 0.227. The number of nitrogen functional groups attached to an aromatic ring is 1. The van der Waals surface area contributed by atoms with Gasteiger partial charge in [-0.05, 0) is 46.9 Å². The van der Waals surface area contributed by atoms with Crippen molar-refractivity contribution in [3.8, 4) is 5.69 Å². The molecule has 102 valence electrons. The summed E-state index contributed by atoms with van der Waals surface area (Å²) in [6.07, 6.45) is 0. The van der Waals surface area contributed by atoms with Gasteiger partial charge in [0, 0.05) is 11.1 Å². The van der Waals surface area contributed by atoms with Gasteiger partial charge in [-0.3, -0.25) is 4.57 Å². The second-order valence-corrected chi connectivity index (χ2v) is 6.16. The first-order chi connectivity index (χ1) is 9.47. The number of nitrogens with two attached hydrogens (primary N) is 1. The lowest BCUT2D eigenvalue weighted by Gasteiger charge is -2.09. The minimum atomic E-state index is -0.336. The standard InChI is InChI=1S/C13H7Cl2FIN3/c14-6-1-2-7(15)11(3-6)20-12-4-8(16)9(17)5-10(12)19-13(20)18/h1-5H,(H2,18,19). The van der Waals surface area contributed by atoms with Crippen LogP contribution in [-0.2, 0) is 0 Å². The van der Waals surface area contributed by atoms with Crippen LogP contribution in [0.25, 0.3) is 16.7 Å². The summed E-state index contributed by atoms with van der Waals surface area (Å²) >= 11 is 14.1. The molecule has 0 aliphatic heterocycles. The highest BCUT2D eigenvalue weighted by Gasteiger charge is 2.15. The number of hydrogen-bond donors (Lipinski definition) is 1. The van der Waals surface area contributed by atoms with Crippen LogP contribution in [0.5, 0.6) is 0 Å². The molecule has 1 aromatic heterocycles. The molecule has 3 rings (SSSR count). The maximum absolute atomic E-state index is 13.8. The Balaban J connectivity index is 2.38. The van der Waals surface area contributed by atoms with E-state index in [-0.39, 0.29) is 11.8 Å². The van der Waals surface area contributed by atoms with E-state index < -0.39 is 0 Å². The first-order valence-corrected chi connectivity index (χ1v) is 7.39. The zero-order valence-corrected chi connectivity index (χ0v) is 13.5. The van der Waals surface area contributed by atoms with Crippen molar-refractivity contribution in [2.75, 3.05) is 5.73 Å². The van der Waals surface area contributed by atoms with Gasteiger partial charge in [0.2, 0.25) is 5.95 Å². The molecule has 2 aromatic carbocycles. The number of imidazole rings is 1. The molecular weight excluding hydrogens is 415 g/mol. The summed E-state index contributed by atoms with van der Waals surface area (Å²) in [6.45, 7) is 0. The summed E-state index contributed by atoms with van der Waals surface area (Å²) in [4.78, 5) is 4.23. The Morgan fingerprint density at radius 1 is 1.20 bits per heavy atom. The van der Waals surface area contributed by atoms with E-state index in [1.54, 1.807) is 28.8 Å². The van der Waals surface area contributed by atoms with Gasteiger partial charge in [-0.25, -0.2) is 9.37 Å². The van der Waals surface area contributed by atoms with Crippen LogP contribution in [0.4, 0.5) is 10.3 Å². The van der Waals surface area contributed by atoms with Crippen molar-refractivity contribution >= 4 is 62.8 Å². The molecular formula is C13H7Cl2FIN3. The summed E-state index contributed by atoms with van der Waals surface area (Å²) in [5.41, 5.74) is 7.65. The average molecular weight is 422 g/mol. The zero-order valence-electron chi connectivity index (χ0n) is 9.87. The van der Waals surface area contributed by atoms with Crippen molar-refractivity contribution in [1.29, 1.82) is 0 Å². The second kappa shape index (κ2) is 5.05. The number of anilines is 1. The third-order valence-corrected chi connectivity index (χ3v) is 4.25. The number of rotatable bonds is 1. The van der Waals surface area contributed by atoms with Gasteiger partial charge in [0.15, 0.2) is 0 Å². The van der Waals surface area contributed by atoms with Crippen molar-refractivity contribution < 1.29 is 4.39 Å². The van der Waals surface area contributed by atoms with Gasteiger partial charge in [-0.1, -0.05) is 23.2 Å². The van der Waals surface area contributed by atoms with Gasteiger partial charge in [0.1, 0.15) is 5.82 Å². The molecule has 0 bridgehead atoms. The second-order valence-electron chi connectivity index (χ2n) is 4.16. The number of aromatic nitrogens is 2. The largest absolute Gasteiger partial charge is 0.369 e. The topological polar surface area (TPSA) is 43.8 Å². The van der Waals surface area contributed by atoms with Crippen molar-refractivity contribution in [3.63, 3.8) is 0 Å². The first-order valence-electron chi connectivity index (χ1n) is 5.56. The average Bonchev–Trinajstić information content (AvgIpc) is 2.69. The van der Waals surface area contributed by atoms with Gasteiger partial charge < -0.3 is 5.73 Å². The van der Waals surface area contributed by atoms with Crippen LogP contribution in [0.1, 0.15) is 0 Å². The smallest absolute Gasteiger partial charge is 0.205 e. The van der Waals surface area contributed by atoms with E-state index in [0.717, 1.165) is 0 Å². The van der Waals surface area contributed by atoms with Crippen LogP contribution in [0, 0.1) is 9.39 Å². The predicted molar refractivity (Wildman–Crippen MR) is 88.2 cm³/mol. The Morgan fingerprint density at radius 2 is 1.95 bits per heavy atom. The van der Waals surface area contributed by atoms with E-state index >= 15 is 0 Å². The summed E-state index contributed by atoms with van der Waals surface area (Å²) < 4.78 is 15.9. The first kappa shape index (κ1) is 13.9. The maximum atomic E-state index is 13.8. The third-order valence-electron chi connectivity index (χ3n) is 2.87. The Morgan fingerprint density at radius 3 is 2.70 bits per heavy atom. The number of benzene rings is 2. The Bertz CT molecular complexity index is 832.